The average Bonchev–Trinajstić information content (AvgIpc) is 3.09. The molecule has 0 bridgehead atoms. The molecule has 1 aromatic heterocycles. The van der Waals surface area contributed by atoms with Gasteiger partial charge in [0.15, 0.2) is 5.96 Å². The van der Waals surface area contributed by atoms with E-state index in [1.807, 2.05) is 24.3 Å². The Morgan fingerprint density at radius 2 is 2.11 bits per heavy atom. The molecule has 0 aliphatic carbocycles. The number of benzene rings is 1. The van der Waals surface area contributed by atoms with Gasteiger partial charge in [-0.1, -0.05) is 12.1 Å². The van der Waals surface area contributed by atoms with E-state index in [-0.39, 0.29) is 35.9 Å². The fourth-order valence-corrected chi connectivity index (χ4v) is 3.31. The Balaban J connectivity index is 0.00000261. The van der Waals surface area contributed by atoms with Gasteiger partial charge in [0.2, 0.25) is 0 Å². The van der Waals surface area contributed by atoms with Crippen molar-refractivity contribution in [3.8, 4) is 0 Å². The van der Waals surface area contributed by atoms with Gasteiger partial charge in [0, 0.05) is 32.6 Å². The zero-order valence-electron chi connectivity index (χ0n) is 15.9. The van der Waals surface area contributed by atoms with Crippen molar-refractivity contribution in [3.63, 3.8) is 0 Å². The number of hydrogen-bond donors (Lipinski definition) is 2. The molecule has 0 saturated carbocycles. The number of halogens is 1. The van der Waals surface area contributed by atoms with E-state index in [0.29, 0.717) is 6.54 Å². The molecule has 2 heterocycles. The first-order chi connectivity index (χ1) is 12.7. The van der Waals surface area contributed by atoms with E-state index in [0.717, 1.165) is 61.7 Å². The van der Waals surface area contributed by atoms with E-state index in [9.17, 15) is 4.79 Å². The van der Waals surface area contributed by atoms with Crippen LogP contribution >= 0.6 is 24.0 Å². The third kappa shape index (κ3) is 5.57. The molecular weight excluding hydrogens is 457 g/mol. The Kier molecular flexibility index (Phi) is 8.33. The Labute approximate surface area is 177 Å². The van der Waals surface area contributed by atoms with Crippen LogP contribution in [0.4, 0.5) is 0 Å². The van der Waals surface area contributed by atoms with Gasteiger partial charge in [-0.2, -0.15) is 0 Å². The molecule has 1 aromatic carbocycles. The fraction of sp³-hybridized carbons (Fsp3) is 0.526. The zero-order chi connectivity index (χ0) is 18.4. The van der Waals surface area contributed by atoms with E-state index >= 15 is 0 Å². The van der Waals surface area contributed by atoms with Crippen molar-refractivity contribution in [1.82, 2.24) is 20.2 Å². The number of aromatic amines is 1. The van der Waals surface area contributed by atoms with Gasteiger partial charge in [0.25, 0.3) is 0 Å². The van der Waals surface area contributed by atoms with Gasteiger partial charge in [-0.05, 0) is 31.9 Å². The molecule has 0 spiro atoms. The number of imidazole rings is 1. The van der Waals surface area contributed by atoms with Crippen LogP contribution < -0.4 is 5.32 Å². The Morgan fingerprint density at radius 1 is 1.37 bits per heavy atom. The minimum Gasteiger partial charge on any atom is -0.469 e. The molecule has 27 heavy (non-hydrogen) atoms. The number of nitrogens with one attached hydrogen (secondary N) is 2. The molecule has 0 amide bonds. The van der Waals surface area contributed by atoms with Gasteiger partial charge in [-0.25, -0.2) is 4.98 Å². The molecule has 8 heteroatoms. The predicted octanol–water partition coefficient (Wildman–Crippen LogP) is 2.57. The molecule has 1 fully saturated rings. The topological polar surface area (TPSA) is 82.6 Å². The number of para-hydroxylation sites is 2. The van der Waals surface area contributed by atoms with E-state index in [1.54, 1.807) is 0 Å². The number of aliphatic imine (C=N–C) groups is 1. The molecule has 0 atom stereocenters. The lowest BCUT2D eigenvalue weighted by Gasteiger charge is -2.33. The molecule has 2 aromatic rings. The number of piperidine rings is 1. The Bertz CT molecular complexity index is 735. The summed E-state index contributed by atoms with van der Waals surface area (Å²) in [5.41, 5.74) is 2.05. The average molecular weight is 485 g/mol. The van der Waals surface area contributed by atoms with Crippen LogP contribution in [0.25, 0.3) is 11.0 Å². The number of fused-ring (bicyclic) bond motifs is 1. The highest BCUT2D eigenvalue weighted by Crippen LogP contribution is 2.18. The zero-order valence-corrected chi connectivity index (χ0v) is 18.2. The van der Waals surface area contributed by atoms with E-state index in [1.165, 1.54) is 7.11 Å². The van der Waals surface area contributed by atoms with Gasteiger partial charge in [0.1, 0.15) is 5.82 Å². The van der Waals surface area contributed by atoms with E-state index < -0.39 is 0 Å². The Morgan fingerprint density at radius 3 is 2.78 bits per heavy atom. The quantitative estimate of drug-likeness (QED) is 0.295. The lowest BCUT2D eigenvalue weighted by molar-refractivity contribution is -0.146. The second-order valence-electron chi connectivity index (χ2n) is 6.47. The SMILES string of the molecule is CCNC(=NCCc1nc2ccccc2[nH]1)N1CCC(C(=O)OC)CC1.I. The summed E-state index contributed by atoms with van der Waals surface area (Å²) in [5, 5.41) is 3.35. The molecule has 1 aliphatic heterocycles. The number of ether oxygens (including phenoxy) is 1. The maximum atomic E-state index is 11.7. The van der Waals surface area contributed by atoms with Crippen LogP contribution in [0.5, 0.6) is 0 Å². The summed E-state index contributed by atoms with van der Waals surface area (Å²) < 4.78 is 4.86. The number of H-pyrrole nitrogens is 1. The fourth-order valence-electron chi connectivity index (χ4n) is 3.31. The number of nitrogens with zero attached hydrogens (tertiary/aromatic N) is 3. The molecule has 148 valence electrons. The van der Waals surface area contributed by atoms with Crippen LogP contribution in [0.1, 0.15) is 25.6 Å². The number of rotatable bonds is 5. The van der Waals surface area contributed by atoms with Crippen LogP contribution in [0.15, 0.2) is 29.3 Å². The highest BCUT2D eigenvalue weighted by molar-refractivity contribution is 14.0. The van der Waals surface area contributed by atoms with Gasteiger partial charge < -0.3 is 19.9 Å². The number of hydrogen-bond acceptors (Lipinski definition) is 4. The van der Waals surface area contributed by atoms with Crippen molar-refractivity contribution in [2.24, 2.45) is 10.9 Å². The van der Waals surface area contributed by atoms with Gasteiger partial charge >= 0.3 is 5.97 Å². The highest BCUT2D eigenvalue weighted by Gasteiger charge is 2.26. The third-order valence-corrected chi connectivity index (χ3v) is 4.71. The van der Waals surface area contributed by atoms with Gasteiger partial charge in [0.05, 0.1) is 24.1 Å². The summed E-state index contributed by atoms with van der Waals surface area (Å²) in [4.78, 5) is 26.6. The molecule has 7 nitrogen and oxygen atoms in total. The summed E-state index contributed by atoms with van der Waals surface area (Å²) in [5.74, 6) is 1.77. The maximum Gasteiger partial charge on any atom is 0.308 e. The van der Waals surface area contributed by atoms with Crippen molar-refractivity contribution in [3.05, 3.63) is 30.1 Å². The molecule has 0 radical (unpaired) electrons. The van der Waals surface area contributed by atoms with Gasteiger partial charge in [-0.15, -0.1) is 24.0 Å². The normalized spacial score (nSPS) is 15.5. The monoisotopic (exact) mass is 485 g/mol. The lowest BCUT2D eigenvalue weighted by atomic mass is 9.97. The van der Waals surface area contributed by atoms with Crippen molar-refractivity contribution in [2.45, 2.75) is 26.2 Å². The number of likely N-dealkylation sites (tertiary alicyclic amines) is 1. The molecule has 0 unspecified atom stereocenters. The number of esters is 1. The lowest BCUT2D eigenvalue weighted by Crippen LogP contribution is -2.46. The summed E-state index contributed by atoms with van der Waals surface area (Å²) in [7, 11) is 1.46. The third-order valence-electron chi connectivity index (χ3n) is 4.71. The second kappa shape index (κ2) is 10.5. The van der Waals surface area contributed by atoms with Crippen LogP contribution in [0.3, 0.4) is 0 Å². The summed E-state index contributed by atoms with van der Waals surface area (Å²) in [6, 6.07) is 8.04. The van der Waals surface area contributed by atoms with E-state index in [4.69, 9.17) is 9.73 Å². The number of aromatic nitrogens is 2. The molecule has 1 saturated heterocycles. The van der Waals surface area contributed by atoms with Crippen molar-refractivity contribution < 1.29 is 9.53 Å². The number of methoxy groups -OCH3 is 1. The van der Waals surface area contributed by atoms with Crippen molar-refractivity contribution >= 4 is 46.9 Å². The predicted molar refractivity (Wildman–Crippen MR) is 118 cm³/mol. The Hall–Kier alpha value is -1.84. The van der Waals surface area contributed by atoms with Crippen molar-refractivity contribution in [2.75, 3.05) is 33.3 Å². The second-order valence-corrected chi connectivity index (χ2v) is 6.47. The first-order valence-electron chi connectivity index (χ1n) is 9.26. The molecule has 3 rings (SSSR count). The minimum atomic E-state index is -0.100. The highest BCUT2D eigenvalue weighted by atomic mass is 127. The first kappa shape index (κ1) is 21.5. The van der Waals surface area contributed by atoms with E-state index in [2.05, 4.69) is 27.1 Å². The number of carbonyl (C=O) groups is 1. The van der Waals surface area contributed by atoms with Gasteiger partial charge in [-0.3, -0.25) is 9.79 Å². The standard InChI is InChI=1S/C19H27N5O2.HI/c1-3-20-19(24-12-9-14(10-13-24)18(25)26-2)21-11-8-17-22-15-6-4-5-7-16(15)23-17;/h4-7,14H,3,8-13H2,1-2H3,(H,20,21)(H,22,23);1H. The van der Waals surface area contributed by atoms with Crippen molar-refractivity contribution in [1.29, 1.82) is 0 Å². The van der Waals surface area contributed by atoms with Crippen LogP contribution in [0.2, 0.25) is 0 Å². The summed E-state index contributed by atoms with van der Waals surface area (Å²) in [6.07, 6.45) is 2.38. The van der Waals surface area contributed by atoms with Crippen LogP contribution in [-0.4, -0.2) is 60.1 Å². The molecular formula is C19H28IN5O2. The van der Waals surface area contributed by atoms with Crippen LogP contribution in [0, 0.1) is 5.92 Å². The number of carbonyl (C=O) groups excluding carboxylic acids is 1. The van der Waals surface area contributed by atoms with Crippen LogP contribution in [-0.2, 0) is 16.0 Å². The smallest absolute Gasteiger partial charge is 0.308 e. The molecule has 2 N–H and O–H groups in total. The summed E-state index contributed by atoms with van der Waals surface area (Å²) in [6.45, 7) is 5.18. The number of guanidine groups is 1. The summed E-state index contributed by atoms with van der Waals surface area (Å²) >= 11 is 0. The maximum absolute atomic E-state index is 11.7. The molecule has 1 aliphatic rings. The first-order valence-corrected chi connectivity index (χ1v) is 9.26. The largest absolute Gasteiger partial charge is 0.469 e. The minimum absolute atomic E-state index is 0.